The van der Waals surface area contributed by atoms with Crippen molar-refractivity contribution in [3.05, 3.63) is 58.1 Å². The molecule has 6 heteroatoms. The smallest absolute Gasteiger partial charge is 0.220 e. The minimum atomic E-state index is 0. The number of nitrogens with one attached hydrogen (secondary N) is 1. The second-order valence-electron chi connectivity index (χ2n) is 5.31. The predicted octanol–water partition coefficient (Wildman–Crippen LogP) is 3.75. The van der Waals surface area contributed by atoms with Gasteiger partial charge in [0.1, 0.15) is 5.75 Å². The van der Waals surface area contributed by atoms with Gasteiger partial charge in [-0.2, -0.15) is 0 Å². The van der Waals surface area contributed by atoms with Gasteiger partial charge in [0.2, 0.25) is 5.91 Å². The van der Waals surface area contributed by atoms with Gasteiger partial charge in [0, 0.05) is 18.7 Å². The molecule has 0 saturated heterocycles. The average molecular weight is 414 g/mol. The lowest BCUT2D eigenvalue weighted by molar-refractivity contribution is -0.121. The van der Waals surface area contributed by atoms with E-state index in [4.69, 9.17) is 10.5 Å². The molecule has 0 aliphatic carbocycles. The van der Waals surface area contributed by atoms with E-state index in [1.54, 1.807) is 7.11 Å². The zero-order valence-electron chi connectivity index (χ0n) is 13.5. The first kappa shape index (κ1) is 20.3. The van der Waals surface area contributed by atoms with Crippen LogP contribution in [0.1, 0.15) is 17.5 Å². The molecule has 0 fully saturated rings. The molecule has 0 bridgehead atoms. The topological polar surface area (TPSA) is 64.3 Å². The van der Waals surface area contributed by atoms with E-state index in [0.29, 0.717) is 19.4 Å². The fraction of sp³-hybridized carbons (Fsp3) is 0.278. The van der Waals surface area contributed by atoms with E-state index in [-0.39, 0.29) is 18.3 Å². The molecule has 0 unspecified atom stereocenters. The standard InChI is InChI=1S/C18H21BrN2O2.ClH/c1-23-17-8-4-14(12-16(17)19)5-9-18(22)21-11-10-13-2-6-15(20)7-3-13;/h2-4,6-8,12H,5,9-11,20H2,1H3,(H,21,22);1H. The zero-order valence-corrected chi connectivity index (χ0v) is 16.0. The average Bonchev–Trinajstić information content (AvgIpc) is 2.55. The van der Waals surface area contributed by atoms with Crippen molar-refractivity contribution >= 4 is 39.9 Å². The molecular weight excluding hydrogens is 392 g/mol. The van der Waals surface area contributed by atoms with Crippen molar-refractivity contribution in [2.45, 2.75) is 19.3 Å². The Bertz CT molecular complexity index is 663. The third-order valence-electron chi connectivity index (χ3n) is 3.57. The van der Waals surface area contributed by atoms with Crippen molar-refractivity contribution in [1.29, 1.82) is 0 Å². The maximum absolute atomic E-state index is 11.9. The van der Waals surface area contributed by atoms with E-state index in [2.05, 4.69) is 21.2 Å². The largest absolute Gasteiger partial charge is 0.496 e. The summed E-state index contributed by atoms with van der Waals surface area (Å²) in [4.78, 5) is 11.9. The maximum atomic E-state index is 11.9. The van der Waals surface area contributed by atoms with Crippen LogP contribution in [0.4, 0.5) is 5.69 Å². The van der Waals surface area contributed by atoms with Crippen LogP contribution >= 0.6 is 28.3 Å². The maximum Gasteiger partial charge on any atom is 0.220 e. The number of rotatable bonds is 7. The second-order valence-corrected chi connectivity index (χ2v) is 6.16. The Morgan fingerprint density at radius 1 is 1.12 bits per heavy atom. The molecule has 0 radical (unpaired) electrons. The van der Waals surface area contributed by atoms with Crippen molar-refractivity contribution in [1.82, 2.24) is 5.32 Å². The number of nitrogen functional groups attached to an aromatic ring is 1. The molecule has 2 rings (SSSR count). The Balaban J connectivity index is 0.00000288. The van der Waals surface area contributed by atoms with E-state index < -0.39 is 0 Å². The summed E-state index contributed by atoms with van der Waals surface area (Å²) in [7, 11) is 1.63. The van der Waals surface area contributed by atoms with Crippen molar-refractivity contribution in [3.63, 3.8) is 0 Å². The minimum Gasteiger partial charge on any atom is -0.496 e. The molecule has 0 aromatic heterocycles. The molecule has 24 heavy (non-hydrogen) atoms. The molecule has 0 aliphatic rings. The highest BCUT2D eigenvalue weighted by Crippen LogP contribution is 2.25. The number of anilines is 1. The summed E-state index contributed by atoms with van der Waals surface area (Å²) in [5, 5.41) is 2.95. The van der Waals surface area contributed by atoms with Gasteiger partial charge in [-0.1, -0.05) is 18.2 Å². The van der Waals surface area contributed by atoms with Crippen LogP contribution in [0.25, 0.3) is 0 Å². The first-order valence-corrected chi connectivity index (χ1v) is 8.31. The number of aryl methyl sites for hydroxylation is 1. The van der Waals surface area contributed by atoms with Gasteiger partial charge in [0.15, 0.2) is 0 Å². The number of hydrogen-bond donors (Lipinski definition) is 2. The van der Waals surface area contributed by atoms with E-state index in [0.717, 1.165) is 27.9 Å². The lowest BCUT2D eigenvalue weighted by Gasteiger charge is -2.08. The lowest BCUT2D eigenvalue weighted by Crippen LogP contribution is -2.25. The highest BCUT2D eigenvalue weighted by Gasteiger charge is 2.05. The van der Waals surface area contributed by atoms with Crippen LogP contribution in [0.15, 0.2) is 46.9 Å². The Morgan fingerprint density at radius 3 is 2.42 bits per heavy atom. The summed E-state index contributed by atoms with van der Waals surface area (Å²) < 4.78 is 6.10. The summed E-state index contributed by atoms with van der Waals surface area (Å²) in [6, 6.07) is 13.6. The quantitative estimate of drug-likeness (QED) is 0.679. The van der Waals surface area contributed by atoms with Gasteiger partial charge in [-0.3, -0.25) is 4.79 Å². The van der Waals surface area contributed by atoms with Crippen molar-refractivity contribution in [2.24, 2.45) is 0 Å². The van der Waals surface area contributed by atoms with Gasteiger partial charge in [-0.15, -0.1) is 12.4 Å². The third-order valence-corrected chi connectivity index (χ3v) is 4.19. The highest BCUT2D eigenvalue weighted by molar-refractivity contribution is 9.10. The number of halogens is 2. The van der Waals surface area contributed by atoms with Gasteiger partial charge in [-0.05, 0) is 64.2 Å². The molecule has 0 spiro atoms. The number of amides is 1. The molecule has 130 valence electrons. The summed E-state index contributed by atoms with van der Waals surface area (Å²) in [5.41, 5.74) is 8.67. The molecule has 3 N–H and O–H groups in total. The van der Waals surface area contributed by atoms with Gasteiger partial charge >= 0.3 is 0 Å². The van der Waals surface area contributed by atoms with Crippen LogP contribution in [0, 0.1) is 0 Å². The molecule has 2 aromatic carbocycles. The zero-order chi connectivity index (χ0) is 16.7. The molecule has 0 saturated carbocycles. The van der Waals surface area contributed by atoms with Gasteiger partial charge < -0.3 is 15.8 Å². The number of benzene rings is 2. The molecule has 1 amide bonds. The van der Waals surface area contributed by atoms with Crippen LogP contribution in [-0.2, 0) is 17.6 Å². The van der Waals surface area contributed by atoms with E-state index >= 15 is 0 Å². The second kappa shape index (κ2) is 10.2. The monoisotopic (exact) mass is 412 g/mol. The number of carbonyl (C=O) groups excluding carboxylic acids is 1. The Kier molecular flexibility index (Phi) is 8.65. The first-order valence-electron chi connectivity index (χ1n) is 7.52. The predicted molar refractivity (Wildman–Crippen MR) is 104 cm³/mol. The van der Waals surface area contributed by atoms with Crippen LogP contribution in [0.3, 0.4) is 0 Å². The number of hydrogen-bond acceptors (Lipinski definition) is 3. The lowest BCUT2D eigenvalue weighted by atomic mass is 10.1. The molecule has 4 nitrogen and oxygen atoms in total. The fourth-order valence-electron chi connectivity index (χ4n) is 2.24. The Morgan fingerprint density at radius 2 is 1.79 bits per heavy atom. The summed E-state index contributed by atoms with van der Waals surface area (Å²) in [6.07, 6.45) is 1.98. The van der Waals surface area contributed by atoms with E-state index in [9.17, 15) is 4.79 Å². The van der Waals surface area contributed by atoms with Crippen LogP contribution in [-0.4, -0.2) is 19.6 Å². The van der Waals surface area contributed by atoms with Crippen molar-refractivity contribution < 1.29 is 9.53 Å². The molecule has 0 aliphatic heterocycles. The number of methoxy groups -OCH3 is 1. The number of nitrogens with two attached hydrogens (primary N) is 1. The Hall–Kier alpha value is -1.72. The van der Waals surface area contributed by atoms with E-state index in [1.807, 2.05) is 42.5 Å². The Labute approximate surface area is 157 Å². The minimum absolute atomic E-state index is 0. The number of carbonyl (C=O) groups is 1. The van der Waals surface area contributed by atoms with Crippen LogP contribution < -0.4 is 15.8 Å². The van der Waals surface area contributed by atoms with Crippen LogP contribution in [0.2, 0.25) is 0 Å². The third kappa shape index (κ3) is 6.42. The van der Waals surface area contributed by atoms with Crippen molar-refractivity contribution in [3.8, 4) is 5.75 Å². The van der Waals surface area contributed by atoms with E-state index in [1.165, 1.54) is 5.56 Å². The van der Waals surface area contributed by atoms with Crippen molar-refractivity contribution in [2.75, 3.05) is 19.4 Å². The molecular formula is C18H22BrClN2O2. The summed E-state index contributed by atoms with van der Waals surface area (Å²) in [6.45, 7) is 0.634. The SMILES string of the molecule is COc1ccc(CCC(=O)NCCc2ccc(N)cc2)cc1Br.Cl. The highest BCUT2D eigenvalue weighted by atomic mass is 79.9. The fourth-order valence-corrected chi connectivity index (χ4v) is 2.83. The van der Waals surface area contributed by atoms with Gasteiger partial charge in [0.05, 0.1) is 11.6 Å². The first-order chi connectivity index (χ1) is 11.1. The van der Waals surface area contributed by atoms with Crippen LogP contribution in [0.5, 0.6) is 5.75 Å². The summed E-state index contributed by atoms with van der Waals surface area (Å²) >= 11 is 3.45. The molecule has 2 aromatic rings. The summed E-state index contributed by atoms with van der Waals surface area (Å²) in [5.74, 6) is 0.856. The molecule has 0 atom stereocenters. The molecule has 0 heterocycles. The normalized spacial score (nSPS) is 9.92. The van der Waals surface area contributed by atoms with Gasteiger partial charge in [0.25, 0.3) is 0 Å². The van der Waals surface area contributed by atoms with Gasteiger partial charge in [-0.25, -0.2) is 0 Å². The number of ether oxygens (including phenoxy) is 1.